The van der Waals surface area contributed by atoms with Gasteiger partial charge in [-0.1, -0.05) is 23.7 Å². The van der Waals surface area contributed by atoms with Gasteiger partial charge in [-0.15, -0.1) is 11.3 Å². The van der Waals surface area contributed by atoms with Crippen LogP contribution in [0.15, 0.2) is 30.6 Å². The smallest absolute Gasteiger partial charge is 0.221 e. The van der Waals surface area contributed by atoms with E-state index >= 15 is 0 Å². The summed E-state index contributed by atoms with van der Waals surface area (Å²) in [6.07, 6.45) is 1.48. The van der Waals surface area contributed by atoms with Gasteiger partial charge in [-0.2, -0.15) is 0 Å². The van der Waals surface area contributed by atoms with Gasteiger partial charge in [0.25, 0.3) is 0 Å². The second kappa shape index (κ2) is 5.42. The Balaban J connectivity index is 2.06. The fraction of sp³-hybridized carbons (Fsp3) is 0.133. The number of thiophene rings is 1. The lowest BCUT2D eigenvalue weighted by atomic mass is 10.1. The van der Waals surface area contributed by atoms with Crippen molar-refractivity contribution >= 4 is 44.7 Å². The zero-order chi connectivity index (χ0) is 15.0. The molecule has 6 heteroatoms. The molecule has 106 valence electrons. The largest absolute Gasteiger partial charge is 0.326 e. The van der Waals surface area contributed by atoms with Crippen LogP contribution in [0.3, 0.4) is 0 Å². The van der Waals surface area contributed by atoms with Crippen molar-refractivity contribution in [2.45, 2.75) is 13.8 Å². The molecule has 0 aliphatic heterocycles. The van der Waals surface area contributed by atoms with Crippen molar-refractivity contribution in [2.75, 3.05) is 5.32 Å². The molecule has 0 spiro atoms. The van der Waals surface area contributed by atoms with E-state index in [1.807, 2.05) is 31.2 Å². The zero-order valence-corrected chi connectivity index (χ0v) is 13.0. The first-order valence-electron chi connectivity index (χ1n) is 6.34. The summed E-state index contributed by atoms with van der Waals surface area (Å²) in [7, 11) is 0. The quantitative estimate of drug-likeness (QED) is 0.718. The van der Waals surface area contributed by atoms with E-state index in [4.69, 9.17) is 11.6 Å². The van der Waals surface area contributed by atoms with Crippen LogP contribution in [-0.4, -0.2) is 15.9 Å². The number of nitrogens with one attached hydrogen (secondary N) is 1. The average molecular weight is 318 g/mol. The van der Waals surface area contributed by atoms with E-state index in [0.29, 0.717) is 5.15 Å². The number of amides is 1. The number of benzene rings is 1. The molecule has 3 rings (SSSR count). The van der Waals surface area contributed by atoms with Crippen LogP contribution >= 0.6 is 22.9 Å². The summed E-state index contributed by atoms with van der Waals surface area (Å²) in [5, 5.41) is 3.24. The molecule has 1 amide bonds. The molecule has 4 nitrogen and oxygen atoms in total. The Bertz CT molecular complexity index is 827. The van der Waals surface area contributed by atoms with Gasteiger partial charge in [-0.25, -0.2) is 9.97 Å². The van der Waals surface area contributed by atoms with Crippen LogP contribution in [-0.2, 0) is 4.79 Å². The standard InChI is InChI=1S/C15H12ClN3OS/c1-8-12-14(15(16)18-7-17-12)21-13(8)10-3-5-11(6-4-10)19-9(2)20/h3-7H,1-2H3,(H,19,20). The molecule has 0 atom stereocenters. The Morgan fingerprint density at radius 1 is 1.24 bits per heavy atom. The van der Waals surface area contributed by atoms with E-state index in [0.717, 1.165) is 31.9 Å². The summed E-state index contributed by atoms with van der Waals surface area (Å²) < 4.78 is 0.901. The van der Waals surface area contributed by atoms with Crippen LogP contribution < -0.4 is 5.32 Å². The van der Waals surface area contributed by atoms with Crippen molar-refractivity contribution in [1.82, 2.24) is 9.97 Å². The lowest BCUT2D eigenvalue weighted by Gasteiger charge is -2.04. The Hall–Kier alpha value is -1.98. The van der Waals surface area contributed by atoms with Crippen LogP contribution in [0, 0.1) is 6.92 Å². The number of fused-ring (bicyclic) bond motifs is 1. The zero-order valence-electron chi connectivity index (χ0n) is 11.5. The molecule has 3 aromatic rings. The van der Waals surface area contributed by atoms with Crippen molar-refractivity contribution in [2.24, 2.45) is 0 Å². The van der Waals surface area contributed by atoms with Crippen molar-refractivity contribution in [3.8, 4) is 10.4 Å². The lowest BCUT2D eigenvalue weighted by molar-refractivity contribution is -0.114. The van der Waals surface area contributed by atoms with Crippen LogP contribution in [0.25, 0.3) is 20.7 Å². The molecule has 0 aliphatic carbocycles. The van der Waals surface area contributed by atoms with Crippen molar-refractivity contribution < 1.29 is 4.79 Å². The normalized spacial score (nSPS) is 10.8. The van der Waals surface area contributed by atoms with E-state index in [9.17, 15) is 4.79 Å². The summed E-state index contributed by atoms with van der Waals surface area (Å²) in [5.41, 5.74) is 3.83. The first kappa shape index (κ1) is 14.0. The van der Waals surface area contributed by atoms with E-state index < -0.39 is 0 Å². The van der Waals surface area contributed by atoms with Gasteiger partial charge in [0, 0.05) is 17.5 Å². The van der Waals surface area contributed by atoms with Gasteiger partial charge in [-0.05, 0) is 30.2 Å². The van der Waals surface area contributed by atoms with Gasteiger partial charge in [-0.3, -0.25) is 4.79 Å². The summed E-state index contributed by atoms with van der Waals surface area (Å²) >= 11 is 7.70. The fourth-order valence-corrected chi connectivity index (χ4v) is 3.58. The molecule has 1 aromatic carbocycles. The molecule has 21 heavy (non-hydrogen) atoms. The lowest BCUT2D eigenvalue weighted by Crippen LogP contribution is -2.05. The molecule has 0 saturated carbocycles. The maximum atomic E-state index is 11.0. The van der Waals surface area contributed by atoms with E-state index in [1.165, 1.54) is 13.3 Å². The number of aromatic nitrogens is 2. The minimum Gasteiger partial charge on any atom is -0.326 e. The van der Waals surface area contributed by atoms with Gasteiger partial charge in [0.2, 0.25) is 5.91 Å². The minimum absolute atomic E-state index is 0.0807. The molecule has 1 N–H and O–H groups in total. The molecule has 0 saturated heterocycles. The SMILES string of the molecule is CC(=O)Nc1ccc(-c2sc3c(Cl)ncnc3c2C)cc1. The summed E-state index contributed by atoms with van der Waals surface area (Å²) in [4.78, 5) is 20.5. The van der Waals surface area contributed by atoms with E-state index in [-0.39, 0.29) is 5.91 Å². The molecule has 0 aliphatic rings. The summed E-state index contributed by atoms with van der Waals surface area (Å²) in [6.45, 7) is 3.52. The van der Waals surface area contributed by atoms with Gasteiger partial charge in [0.1, 0.15) is 11.5 Å². The maximum absolute atomic E-state index is 11.0. The average Bonchev–Trinajstić information content (AvgIpc) is 2.78. The van der Waals surface area contributed by atoms with E-state index in [2.05, 4.69) is 15.3 Å². The van der Waals surface area contributed by atoms with Gasteiger partial charge in [0.15, 0.2) is 0 Å². The Morgan fingerprint density at radius 2 is 1.95 bits per heavy atom. The predicted octanol–water partition coefficient (Wildman–Crippen LogP) is 4.28. The third-order valence-corrected chi connectivity index (χ3v) is 4.86. The highest BCUT2D eigenvalue weighted by molar-refractivity contribution is 7.23. The molecular weight excluding hydrogens is 306 g/mol. The molecule has 2 heterocycles. The minimum atomic E-state index is -0.0807. The van der Waals surface area contributed by atoms with Crippen LogP contribution in [0.2, 0.25) is 5.15 Å². The molecule has 0 bridgehead atoms. The van der Waals surface area contributed by atoms with Crippen molar-refractivity contribution in [3.63, 3.8) is 0 Å². The number of anilines is 1. The highest BCUT2D eigenvalue weighted by atomic mass is 35.5. The number of nitrogens with zero attached hydrogens (tertiary/aromatic N) is 2. The Kier molecular flexibility index (Phi) is 3.61. The van der Waals surface area contributed by atoms with Crippen molar-refractivity contribution in [3.05, 3.63) is 41.3 Å². The second-order valence-electron chi connectivity index (χ2n) is 4.66. The van der Waals surface area contributed by atoms with Gasteiger partial charge < -0.3 is 5.32 Å². The fourth-order valence-electron chi connectivity index (χ4n) is 2.18. The molecular formula is C15H12ClN3OS. The van der Waals surface area contributed by atoms with Crippen molar-refractivity contribution in [1.29, 1.82) is 0 Å². The van der Waals surface area contributed by atoms with Crippen LogP contribution in [0.4, 0.5) is 5.69 Å². The van der Waals surface area contributed by atoms with Crippen LogP contribution in [0.5, 0.6) is 0 Å². The molecule has 0 fully saturated rings. The maximum Gasteiger partial charge on any atom is 0.221 e. The Morgan fingerprint density at radius 3 is 2.57 bits per heavy atom. The predicted molar refractivity (Wildman–Crippen MR) is 86.9 cm³/mol. The number of hydrogen-bond donors (Lipinski definition) is 1. The van der Waals surface area contributed by atoms with Crippen LogP contribution in [0.1, 0.15) is 12.5 Å². The highest BCUT2D eigenvalue weighted by Crippen LogP contribution is 2.39. The topological polar surface area (TPSA) is 54.9 Å². The Labute approximate surface area is 130 Å². The second-order valence-corrected chi connectivity index (χ2v) is 6.04. The van der Waals surface area contributed by atoms with E-state index in [1.54, 1.807) is 11.3 Å². The third kappa shape index (κ3) is 2.62. The highest BCUT2D eigenvalue weighted by Gasteiger charge is 2.14. The first-order valence-corrected chi connectivity index (χ1v) is 7.53. The number of hydrogen-bond acceptors (Lipinski definition) is 4. The molecule has 0 radical (unpaired) electrons. The third-order valence-electron chi connectivity index (χ3n) is 3.13. The number of carbonyl (C=O) groups is 1. The van der Waals surface area contributed by atoms with Gasteiger partial charge in [0.05, 0.1) is 10.2 Å². The molecule has 0 unspecified atom stereocenters. The number of aryl methyl sites for hydroxylation is 1. The summed E-state index contributed by atoms with van der Waals surface area (Å²) in [6, 6.07) is 7.72. The molecule has 2 aromatic heterocycles. The van der Waals surface area contributed by atoms with Gasteiger partial charge >= 0.3 is 0 Å². The summed E-state index contributed by atoms with van der Waals surface area (Å²) in [5.74, 6) is -0.0807. The first-order chi connectivity index (χ1) is 10.1. The number of rotatable bonds is 2. The monoisotopic (exact) mass is 317 g/mol. The number of carbonyl (C=O) groups excluding carboxylic acids is 1. The number of halogens is 1.